The molecular formula is C19H41NO3S. The van der Waals surface area contributed by atoms with Crippen molar-refractivity contribution in [1.29, 1.82) is 0 Å². The smallest absolute Gasteiger partial charge is 0.285 e. The van der Waals surface area contributed by atoms with Gasteiger partial charge in [0.15, 0.2) is 0 Å². The summed E-state index contributed by atoms with van der Waals surface area (Å²) in [6.45, 7) is 10.9. The molecule has 0 aliphatic rings. The van der Waals surface area contributed by atoms with Gasteiger partial charge in [-0.15, -0.1) is 0 Å². The first-order valence-corrected chi connectivity index (χ1v) is 10.4. The molecule has 0 aromatic carbocycles. The summed E-state index contributed by atoms with van der Waals surface area (Å²) in [7, 11) is 0. The van der Waals surface area contributed by atoms with Crippen molar-refractivity contribution in [3.05, 3.63) is 0 Å². The van der Waals surface area contributed by atoms with Gasteiger partial charge in [-0.25, -0.2) is 0 Å². The van der Waals surface area contributed by atoms with Gasteiger partial charge in [0.05, 0.1) is 0 Å². The number of unbranched alkanes of at least 4 members (excludes halogenated alkanes) is 5. The number of hydrogen-bond acceptors (Lipinski definition) is 5. The summed E-state index contributed by atoms with van der Waals surface area (Å²) in [5, 5.41) is 0. The Morgan fingerprint density at radius 1 is 0.750 bits per heavy atom. The van der Waals surface area contributed by atoms with Crippen LogP contribution >= 0.6 is 12.8 Å². The molecular weight excluding hydrogens is 322 g/mol. The van der Waals surface area contributed by atoms with E-state index in [9.17, 15) is 0 Å². The standard InChI is InChI=1S/C19H41NO3S/c1-5-9-10-11-12-13-15-18(16-14-17-20-24)19(21-6-2,22-7-3)23-8-4/h18,20,24H,5-17H2,1-4H3. The molecule has 1 atom stereocenters. The fraction of sp³-hybridized carbons (Fsp3) is 1.00. The second kappa shape index (κ2) is 16.6. The van der Waals surface area contributed by atoms with E-state index in [1.807, 2.05) is 20.8 Å². The molecule has 0 saturated carbocycles. The highest BCUT2D eigenvalue weighted by Crippen LogP contribution is 2.34. The van der Waals surface area contributed by atoms with Crippen molar-refractivity contribution < 1.29 is 14.2 Å². The molecule has 1 unspecified atom stereocenters. The van der Waals surface area contributed by atoms with E-state index < -0.39 is 5.97 Å². The first-order chi connectivity index (χ1) is 11.7. The third-order valence-corrected chi connectivity index (χ3v) is 4.51. The van der Waals surface area contributed by atoms with Gasteiger partial charge in [-0.2, -0.15) is 0 Å². The molecule has 0 fully saturated rings. The van der Waals surface area contributed by atoms with Crippen LogP contribution in [0.3, 0.4) is 0 Å². The monoisotopic (exact) mass is 363 g/mol. The molecule has 0 aromatic rings. The van der Waals surface area contributed by atoms with Gasteiger partial charge in [-0.3, -0.25) is 4.72 Å². The minimum Gasteiger partial charge on any atom is -0.328 e. The van der Waals surface area contributed by atoms with E-state index >= 15 is 0 Å². The SMILES string of the molecule is CCCCCCCCC(CCCNS)C(OCC)(OCC)OCC. The lowest BCUT2D eigenvalue weighted by atomic mass is 9.92. The van der Waals surface area contributed by atoms with E-state index in [2.05, 4.69) is 24.5 Å². The van der Waals surface area contributed by atoms with Crippen molar-refractivity contribution >= 4 is 12.8 Å². The molecule has 0 radical (unpaired) electrons. The molecule has 4 nitrogen and oxygen atoms in total. The van der Waals surface area contributed by atoms with Crippen LogP contribution in [0.15, 0.2) is 0 Å². The third-order valence-electron chi connectivity index (χ3n) is 4.28. The molecule has 24 heavy (non-hydrogen) atoms. The number of rotatable bonds is 18. The van der Waals surface area contributed by atoms with Gasteiger partial charge < -0.3 is 14.2 Å². The summed E-state index contributed by atoms with van der Waals surface area (Å²) >= 11 is 4.09. The topological polar surface area (TPSA) is 39.7 Å². The molecule has 0 rings (SSSR count). The lowest BCUT2D eigenvalue weighted by Gasteiger charge is -2.39. The first kappa shape index (κ1) is 24.2. The van der Waals surface area contributed by atoms with Crippen LogP contribution < -0.4 is 4.72 Å². The maximum absolute atomic E-state index is 6.01. The van der Waals surface area contributed by atoms with Crippen LogP contribution in [0.2, 0.25) is 0 Å². The van der Waals surface area contributed by atoms with Crippen LogP contribution in [-0.4, -0.2) is 32.3 Å². The van der Waals surface area contributed by atoms with E-state index in [0.29, 0.717) is 19.8 Å². The first-order valence-electron chi connectivity index (χ1n) is 9.99. The Labute approximate surface area is 155 Å². The number of nitrogens with one attached hydrogen (secondary N) is 1. The summed E-state index contributed by atoms with van der Waals surface area (Å²) in [4.78, 5) is 0. The zero-order chi connectivity index (χ0) is 18.1. The molecule has 0 saturated heterocycles. The van der Waals surface area contributed by atoms with Crippen molar-refractivity contribution in [3.8, 4) is 0 Å². The Morgan fingerprint density at radius 2 is 1.25 bits per heavy atom. The Hall–Kier alpha value is 0.190. The average molecular weight is 364 g/mol. The van der Waals surface area contributed by atoms with E-state index in [-0.39, 0.29) is 5.92 Å². The van der Waals surface area contributed by atoms with Crippen molar-refractivity contribution in [1.82, 2.24) is 4.72 Å². The van der Waals surface area contributed by atoms with Gasteiger partial charge in [0.1, 0.15) is 0 Å². The molecule has 0 aliphatic heterocycles. The minimum absolute atomic E-state index is 0.255. The molecule has 0 aliphatic carbocycles. The number of ether oxygens (including phenoxy) is 3. The van der Waals surface area contributed by atoms with Gasteiger partial charge in [0.25, 0.3) is 5.97 Å². The molecule has 0 heterocycles. The fourth-order valence-electron chi connectivity index (χ4n) is 3.18. The second-order valence-corrected chi connectivity index (χ2v) is 6.52. The lowest BCUT2D eigenvalue weighted by molar-refractivity contribution is -0.403. The summed E-state index contributed by atoms with van der Waals surface area (Å²) < 4.78 is 21.0. The van der Waals surface area contributed by atoms with Gasteiger partial charge in [-0.1, -0.05) is 58.3 Å². The van der Waals surface area contributed by atoms with E-state index in [4.69, 9.17) is 14.2 Å². The van der Waals surface area contributed by atoms with Crippen LogP contribution in [0.1, 0.15) is 85.5 Å². The van der Waals surface area contributed by atoms with Gasteiger partial charge in [0, 0.05) is 32.3 Å². The molecule has 146 valence electrons. The zero-order valence-corrected chi connectivity index (χ0v) is 17.3. The number of hydrogen-bond donors (Lipinski definition) is 2. The maximum atomic E-state index is 6.01. The van der Waals surface area contributed by atoms with Crippen LogP contribution in [0.25, 0.3) is 0 Å². The fourth-order valence-corrected chi connectivity index (χ4v) is 3.34. The second-order valence-electron chi connectivity index (χ2n) is 6.21. The summed E-state index contributed by atoms with van der Waals surface area (Å²) in [5.74, 6) is -0.636. The summed E-state index contributed by atoms with van der Waals surface area (Å²) in [6.07, 6.45) is 10.9. The Balaban J connectivity index is 4.74. The van der Waals surface area contributed by atoms with Crippen molar-refractivity contribution in [2.75, 3.05) is 26.4 Å². The number of thiol groups is 1. The Kier molecular flexibility index (Phi) is 16.8. The molecule has 0 bridgehead atoms. The van der Waals surface area contributed by atoms with E-state index in [1.165, 1.54) is 38.5 Å². The molecule has 5 heteroatoms. The predicted molar refractivity (Wildman–Crippen MR) is 105 cm³/mol. The highest BCUT2D eigenvalue weighted by atomic mass is 32.1. The zero-order valence-electron chi connectivity index (χ0n) is 16.4. The van der Waals surface area contributed by atoms with Crippen LogP contribution in [0, 0.1) is 5.92 Å². The van der Waals surface area contributed by atoms with E-state index in [0.717, 1.165) is 25.8 Å². The quantitative estimate of drug-likeness (QED) is 0.196. The third kappa shape index (κ3) is 10.2. The lowest BCUT2D eigenvalue weighted by Crippen LogP contribution is -2.47. The Morgan fingerprint density at radius 3 is 1.75 bits per heavy atom. The summed E-state index contributed by atoms with van der Waals surface area (Å²) in [6, 6.07) is 0. The highest BCUT2D eigenvalue weighted by Gasteiger charge is 2.41. The molecule has 0 aromatic heterocycles. The minimum atomic E-state index is -0.891. The van der Waals surface area contributed by atoms with Crippen molar-refractivity contribution in [2.45, 2.75) is 91.5 Å². The van der Waals surface area contributed by atoms with Crippen molar-refractivity contribution in [3.63, 3.8) is 0 Å². The van der Waals surface area contributed by atoms with Gasteiger partial charge in [0.2, 0.25) is 0 Å². The van der Waals surface area contributed by atoms with Crippen LogP contribution in [0.4, 0.5) is 0 Å². The van der Waals surface area contributed by atoms with E-state index in [1.54, 1.807) is 0 Å². The maximum Gasteiger partial charge on any atom is 0.285 e. The van der Waals surface area contributed by atoms with Crippen molar-refractivity contribution in [2.24, 2.45) is 5.92 Å². The van der Waals surface area contributed by atoms with Crippen LogP contribution in [0.5, 0.6) is 0 Å². The summed E-state index contributed by atoms with van der Waals surface area (Å²) in [5.41, 5.74) is 0. The highest BCUT2D eigenvalue weighted by molar-refractivity contribution is 7.78. The van der Waals surface area contributed by atoms with Gasteiger partial charge in [-0.05, 0) is 40.0 Å². The largest absolute Gasteiger partial charge is 0.328 e. The predicted octanol–water partition coefficient (Wildman–Crippen LogP) is 5.33. The van der Waals surface area contributed by atoms with Crippen LogP contribution in [-0.2, 0) is 14.2 Å². The normalized spacial score (nSPS) is 13.4. The molecule has 0 amide bonds. The average Bonchev–Trinajstić information content (AvgIpc) is 2.57. The molecule has 1 N–H and O–H groups in total. The Bertz CT molecular complexity index is 250. The molecule has 0 spiro atoms. The van der Waals surface area contributed by atoms with Gasteiger partial charge >= 0.3 is 0 Å².